The zero-order valence-corrected chi connectivity index (χ0v) is 16.5. The fourth-order valence-electron chi connectivity index (χ4n) is 3.98. The molecule has 1 spiro atoms. The molecule has 0 bridgehead atoms. The Hall–Kier alpha value is -1.54. The molecule has 0 aromatic carbocycles. The first kappa shape index (κ1) is 19.2. The van der Waals surface area contributed by atoms with E-state index in [1.807, 2.05) is 18.7 Å². The first-order chi connectivity index (χ1) is 12.3. The molecule has 1 amide bonds. The maximum Gasteiger partial charge on any atom is 0.222 e. The molecule has 0 atom stereocenters. The van der Waals surface area contributed by atoms with Crippen molar-refractivity contribution < 1.29 is 13.2 Å². The summed E-state index contributed by atoms with van der Waals surface area (Å²) in [5, 5.41) is 0. The van der Waals surface area contributed by atoms with Crippen LogP contribution in [0.3, 0.4) is 0 Å². The quantitative estimate of drug-likeness (QED) is 0.777. The number of carbonyl (C=O) groups excluding carboxylic acids is 1. The van der Waals surface area contributed by atoms with Crippen LogP contribution in [-0.2, 0) is 21.4 Å². The molecule has 7 nitrogen and oxygen atoms in total. The van der Waals surface area contributed by atoms with E-state index in [-0.39, 0.29) is 17.1 Å². The van der Waals surface area contributed by atoms with Gasteiger partial charge in [0.05, 0.1) is 29.9 Å². The molecule has 3 rings (SSSR count). The average molecular weight is 381 g/mol. The minimum atomic E-state index is -3.13. The van der Waals surface area contributed by atoms with Crippen LogP contribution in [0.1, 0.15) is 50.4 Å². The van der Waals surface area contributed by atoms with Crippen molar-refractivity contribution in [1.29, 1.82) is 0 Å². The van der Waals surface area contributed by atoms with Crippen LogP contribution < -0.4 is 0 Å². The van der Waals surface area contributed by atoms with Gasteiger partial charge in [-0.2, -0.15) is 0 Å². The second-order valence-corrected chi connectivity index (χ2v) is 9.70. The maximum atomic E-state index is 12.4. The van der Waals surface area contributed by atoms with Crippen LogP contribution in [0.4, 0.5) is 0 Å². The van der Waals surface area contributed by atoms with Gasteiger partial charge >= 0.3 is 0 Å². The predicted octanol–water partition coefficient (Wildman–Crippen LogP) is 1.73. The lowest BCUT2D eigenvalue weighted by molar-refractivity contribution is -0.139. The molecule has 2 saturated heterocycles. The summed E-state index contributed by atoms with van der Waals surface area (Å²) in [5.74, 6) is 0.371. The van der Waals surface area contributed by atoms with Crippen molar-refractivity contribution in [2.45, 2.75) is 52.5 Å². The number of likely N-dealkylation sites (tertiary alicyclic amines) is 1. The molecule has 26 heavy (non-hydrogen) atoms. The molecule has 2 aliphatic heterocycles. The van der Waals surface area contributed by atoms with Gasteiger partial charge in [0, 0.05) is 32.3 Å². The van der Waals surface area contributed by atoms with Gasteiger partial charge in [-0.05, 0) is 38.0 Å². The highest BCUT2D eigenvalue weighted by molar-refractivity contribution is 7.89. The Morgan fingerprint density at radius 3 is 2.50 bits per heavy atom. The van der Waals surface area contributed by atoms with Gasteiger partial charge in [-0.25, -0.2) is 12.7 Å². The van der Waals surface area contributed by atoms with Gasteiger partial charge in [0.1, 0.15) is 0 Å². The number of sulfonamides is 1. The molecule has 0 aliphatic carbocycles. The Balaban J connectivity index is 1.64. The molecule has 3 heterocycles. The molecule has 0 saturated carbocycles. The molecular formula is C18H28N4O3S. The molecule has 8 heteroatoms. The van der Waals surface area contributed by atoms with Crippen molar-refractivity contribution >= 4 is 15.9 Å². The van der Waals surface area contributed by atoms with E-state index >= 15 is 0 Å². The lowest BCUT2D eigenvalue weighted by Gasteiger charge is -2.47. The summed E-state index contributed by atoms with van der Waals surface area (Å²) in [6.07, 6.45) is 7.10. The van der Waals surface area contributed by atoms with Gasteiger partial charge < -0.3 is 4.90 Å². The number of rotatable bonds is 5. The Morgan fingerprint density at radius 1 is 1.15 bits per heavy atom. The van der Waals surface area contributed by atoms with Crippen LogP contribution in [0.15, 0.2) is 12.4 Å². The third kappa shape index (κ3) is 4.23. The van der Waals surface area contributed by atoms with E-state index < -0.39 is 10.0 Å². The summed E-state index contributed by atoms with van der Waals surface area (Å²) < 4.78 is 26.2. The Morgan fingerprint density at radius 2 is 1.88 bits per heavy atom. The summed E-state index contributed by atoms with van der Waals surface area (Å²) in [4.78, 5) is 22.9. The number of carbonyl (C=O) groups is 1. The van der Waals surface area contributed by atoms with Gasteiger partial charge in [-0.3, -0.25) is 14.8 Å². The van der Waals surface area contributed by atoms with Crippen molar-refractivity contribution in [3.05, 3.63) is 23.8 Å². The first-order valence-electron chi connectivity index (χ1n) is 9.37. The van der Waals surface area contributed by atoms with Crippen molar-refractivity contribution in [2.24, 2.45) is 5.41 Å². The Kier molecular flexibility index (Phi) is 5.62. The average Bonchev–Trinajstić information content (AvgIpc) is 2.61. The fourth-order valence-corrected chi connectivity index (χ4v) is 5.49. The first-order valence-corrected chi connectivity index (χ1v) is 11.0. The van der Waals surface area contributed by atoms with E-state index in [1.54, 1.807) is 16.7 Å². The number of aryl methyl sites for hydroxylation is 1. The normalized spacial score (nSPS) is 21.3. The van der Waals surface area contributed by atoms with Crippen LogP contribution in [0.5, 0.6) is 0 Å². The minimum absolute atomic E-state index is 0.0320. The van der Waals surface area contributed by atoms with Crippen molar-refractivity contribution in [2.75, 3.05) is 25.4 Å². The fraction of sp³-hybridized carbons (Fsp3) is 0.722. The SMILES string of the molecule is CCCS(=O)(=O)N1CCC2(CCC(=O)N(Cc3cnc(C)cn3)C2)CC1. The standard InChI is InChI=1S/C18H28N4O3S/c1-3-10-26(24,25)22-8-6-18(7-9-22)5-4-17(23)21(14-18)13-16-12-19-15(2)11-20-16/h11-12H,3-10,13-14H2,1-2H3. The summed E-state index contributed by atoms with van der Waals surface area (Å²) in [5.41, 5.74) is 1.68. The van der Waals surface area contributed by atoms with Crippen LogP contribution >= 0.6 is 0 Å². The van der Waals surface area contributed by atoms with Gasteiger partial charge in [-0.15, -0.1) is 0 Å². The van der Waals surface area contributed by atoms with Crippen LogP contribution in [0, 0.1) is 12.3 Å². The van der Waals surface area contributed by atoms with Crippen molar-refractivity contribution in [3.8, 4) is 0 Å². The number of hydrogen-bond donors (Lipinski definition) is 0. The second-order valence-electron chi connectivity index (χ2n) is 7.61. The Bertz CT molecular complexity index is 740. The molecule has 0 unspecified atom stereocenters. The van der Waals surface area contributed by atoms with Crippen LogP contribution in [-0.4, -0.2) is 58.9 Å². The number of aromatic nitrogens is 2. The van der Waals surface area contributed by atoms with E-state index in [4.69, 9.17) is 0 Å². The van der Waals surface area contributed by atoms with Gasteiger partial charge in [0.25, 0.3) is 0 Å². The largest absolute Gasteiger partial charge is 0.336 e. The molecule has 0 N–H and O–H groups in total. The van der Waals surface area contributed by atoms with E-state index in [0.29, 0.717) is 39.0 Å². The van der Waals surface area contributed by atoms with Crippen LogP contribution in [0.25, 0.3) is 0 Å². The highest BCUT2D eigenvalue weighted by Crippen LogP contribution is 2.41. The summed E-state index contributed by atoms with van der Waals surface area (Å²) in [6, 6.07) is 0. The zero-order chi connectivity index (χ0) is 18.8. The number of hydrogen-bond acceptors (Lipinski definition) is 5. The second kappa shape index (κ2) is 7.60. The summed E-state index contributed by atoms with van der Waals surface area (Å²) in [7, 11) is -3.13. The van der Waals surface area contributed by atoms with E-state index in [0.717, 1.165) is 30.7 Å². The molecule has 1 aromatic rings. The van der Waals surface area contributed by atoms with Gasteiger partial charge in [0.15, 0.2) is 0 Å². The third-order valence-corrected chi connectivity index (χ3v) is 7.65. The predicted molar refractivity (Wildman–Crippen MR) is 98.7 cm³/mol. The Labute approximate surface area is 155 Å². The van der Waals surface area contributed by atoms with Crippen LogP contribution in [0.2, 0.25) is 0 Å². The van der Waals surface area contributed by atoms with E-state index in [2.05, 4.69) is 9.97 Å². The maximum absolute atomic E-state index is 12.4. The number of piperidine rings is 2. The topological polar surface area (TPSA) is 83.5 Å². The van der Waals surface area contributed by atoms with Gasteiger partial charge in [0.2, 0.25) is 15.9 Å². The highest BCUT2D eigenvalue weighted by atomic mass is 32.2. The zero-order valence-electron chi connectivity index (χ0n) is 15.6. The van der Waals surface area contributed by atoms with Crippen molar-refractivity contribution in [3.63, 3.8) is 0 Å². The van der Waals surface area contributed by atoms with E-state index in [1.165, 1.54) is 0 Å². The summed E-state index contributed by atoms with van der Waals surface area (Å²) >= 11 is 0. The molecule has 0 radical (unpaired) electrons. The molecule has 1 aromatic heterocycles. The van der Waals surface area contributed by atoms with Gasteiger partial charge in [-0.1, -0.05) is 6.92 Å². The molecule has 2 fully saturated rings. The number of nitrogens with zero attached hydrogens (tertiary/aromatic N) is 4. The smallest absolute Gasteiger partial charge is 0.222 e. The van der Waals surface area contributed by atoms with E-state index in [9.17, 15) is 13.2 Å². The lowest BCUT2D eigenvalue weighted by atomic mass is 9.72. The molecule has 144 valence electrons. The third-order valence-electron chi connectivity index (χ3n) is 5.57. The van der Waals surface area contributed by atoms with Crippen molar-refractivity contribution in [1.82, 2.24) is 19.2 Å². The summed E-state index contributed by atoms with van der Waals surface area (Å²) in [6.45, 7) is 6.07. The number of amides is 1. The molecular weight excluding hydrogens is 352 g/mol. The lowest BCUT2D eigenvalue weighted by Crippen LogP contribution is -2.52. The minimum Gasteiger partial charge on any atom is -0.336 e. The highest BCUT2D eigenvalue weighted by Gasteiger charge is 2.42. The molecule has 2 aliphatic rings. The monoisotopic (exact) mass is 380 g/mol.